The molecule has 0 saturated heterocycles. The number of carbonyl (C=O) groups excluding carboxylic acids is 2. The van der Waals surface area contributed by atoms with Crippen LogP contribution < -0.4 is 0 Å². The van der Waals surface area contributed by atoms with Crippen LogP contribution in [0.1, 0.15) is 48.5 Å². The van der Waals surface area contributed by atoms with Gasteiger partial charge in [0, 0.05) is 41.3 Å². The predicted molar refractivity (Wildman–Crippen MR) is 142 cm³/mol. The lowest BCUT2D eigenvalue weighted by molar-refractivity contribution is -0.118. The molecule has 0 radical (unpaired) electrons. The van der Waals surface area contributed by atoms with E-state index in [1.165, 1.54) is 0 Å². The average Bonchev–Trinajstić information content (AvgIpc) is 3.51. The molecule has 184 valence electrons. The topological polar surface area (TPSA) is 61.2 Å². The number of ketones is 2. The number of hydrogen-bond acceptors (Lipinski definition) is 4. The van der Waals surface area contributed by atoms with Gasteiger partial charge >= 0.3 is 0 Å². The number of benzene rings is 3. The number of Topliss-reactive ketones (excluding diaryl/α,β-unsaturated/α-hetero) is 2. The maximum atomic E-state index is 13.9. The normalized spacial score (nSPS) is 20.4. The summed E-state index contributed by atoms with van der Waals surface area (Å²) in [5, 5.41) is 4.97. The van der Waals surface area contributed by atoms with Crippen LogP contribution in [-0.4, -0.2) is 27.5 Å². The molecule has 0 fully saturated rings. The van der Waals surface area contributed by atoms with E-state index in [2.05, 4.69) is 13.8 Å². The van der Waals surface area contributed by atoms with E-state index in [1.54, 1.807) is 12.1 Å². The molecule has 2 atom stereocenters. The summed E-state index contributed by atoms with van der Waals surface area (Å²) in [6.45, 7) is 4.14. The van der Waals surface area contributed by atoms with Crippen LogP contribution in [0.4, 0.5) is 0 Å². The van der Waals surface area contributed by atoms with E-state index in [1.807, 2.05) is 89.7 Å². The molecular formula is C32H28N2O3. The second-order valence-corrected chi connectivity index (χ2v) is 10.6. The van der Waals surface area contributed by atoms with E-state index in [4.69, 9.17) is 9.84 Å². The van der Waals surface area contributed by atoms with E-state index in [-0.39, 0.29) is 17.0 Å². The van der Waals surface area contributed by atoms with Crippen LogP contribution >= 0.6 is 0 Å². The highest BCUT2D eigenvalue weighted by Crippen LogP contribution is 2.51. The molecule has 1 aliphatic carbocycles. The van der Waals surface area contributed by atoms with Crippen molar-refractivity contribution in [2.45, 2.75) is 38.7 Å². The Hall–Kier alpha value is -4.25. The first-order chi connectivity index (χ1) is 17.9. The molecule has 0 spiro atoms. The zero-order valence-corrected chi connectivity index (χ0v) is 20.9. The molecule has 0 amide bonds. The monoisotopic (exact) mass is 488 g/mol. The molecule has 3 aromatic carbocycles. The number of ether oxygens (including phenoxy) is 1. The van der Waals surface area contributed by atoms with Crippen LogP contribution in [0.15, 0.2) is 109 Å². The highest BCUT2D eigenvalue weighted by molar-refractivity contribution is 6.06. The van der Waals surface area contributed by atoms with Gasteiger partial charge in [0.2, 0.25) is 5.78 Å². The molecule has 1 aromatic heterocycles. The lowest BCUT2D eigenvalue weighted by Crippen LogP contribution is -2.29. The first-order valence-corrected chi connectivity index (χ1v) is 12.6. The molecule has 6 rings (SSSR count). The van der Waals surface area contributed by atoms with E-state index < -0.39 is 12.0 Å². The molecule has 2 aliphatic rings. The minimum Gasteiger partial charge on any atom is -0.485 e. The Bertz CT molecular complexity index is 1500. The average molecular weight is 489 g/mol. The molecule has 37 heavy (non-hydrogen) atoms. The minimum atomic E-state index is -0.832. The van der Waals surface area contributed by atoms with Crippen molar-refractivity contribution in [2.24, 2.45) is 5.41 Å². The van der Waals surface area contributed by atoms with Gasteiger partial charge in [-0.2, -0.15) is 5.10 Å². The van der Waals surface area contributed by atoms with Gasteiger partial charge < -0.3 is 4.74 Å². The van der Waals surface area contributed by atoms with Gasteiger partial charge in [-0.05, 0) is 17.5 Å². The number of aromatic nitrogens is 2. The highest BCUT2D eigenvalue weighted by atomic mass is 16.5. The van der Waals surface area contributed by atoms with Gasteiger partial charge in [-0.15, -0.1) is 0 Å². The van der Waals surface area contributed by atoms with Crippen molar-refractivity contribution in [1.82, 2.24) is 9.78 Å². The van der Waals surface area contributed by atoms with Crippen molar-refractivity contribution in [3.8, 4) is 16.9 Å². The third-order valence-electron chi connectivity index (χ3n) is 7.22. The molecule has 0 saturated carbocycles. The van der Waals surface area contributed by atoms with E-state index in [9.17, 15) is 9.59 Å². The summed E-state index contributed by atoms with van der Waals surface area (Å²) in [6, 6.07) is 29.0. The summed E-state index contributed by atoms with van der Waals surface area (Å²) in [4.78, 5) is 27.5. The maximum absolute atomic E-state index is 13.9. The van der Waals surface area contributed by atoms with Crippen molar-refractivity contribution in [2.75, 3.05) is 0 Å². The molecule has 5 heteroatoms. The predicted octanol–water partition coefficient (Wildman–Crippen LogP) is 6.55. The van der Waals surface area contributed by atoms with Crippen LogP contribution in [-0.2, 0) is 9.53 Å². The second kappa shape index (κ2) is 9.00. The minimum absolute atomic E-state index is 0.0473. The third-order valence-corrected chi connectivity index (χ3v) is 7.22. The SMILES string of the molecule is CC1(C)CC(=O)C2=C(C1)O[C@H](C(=O)c1ccccc1)[C@H]2c1cn(-c2ccccc2)nc1-c1ccccc1. The summed E-state index contributed by atoms with van der Waals surface area (Å²) >= 11 is 0. The summed E-state index contributed by atoms with van der Waals surface area (Å²) in [5.74, 6) is 0.0224. The van der Waals surface area contributed by atoms with Crippen molar-refractivity contribution in [3.05, 3.63) is 120 Å². The van der Waals surface area contributed by atoms with Gasteiger partial charge in [0.15, 0.2) is 11.9 Å². The third kappa shape index (κ3) is 4.20. The number of allylic oxidation sites excluding steroid dienone is 1. The molecule has 0 bridgehead atoms. The number of para-hydroxylation sites is 1. The first kappa shape index (κ1) is 23.2. The van der Waals surface area contributed by atoms with Gasteiger partial charge in [0.25, 0.3) is 0 Å². The van der Waals surface area contributed by atoms with Gasteiger partial charge in [0.05, 0.1) is 17.3 Å². The zero-order valence-electron chi connectivity index (χ0n) is 20.9. The highest BCUT2D eigenvalue weighted by Gasteiger charge is 2.50. The van der Waals surface area contributed by atoms with E-state index in [0.29, 0.717) is 29.7 Å². The number of carbonyl (C=O) groups is 2. The molecule has 5 nitrogen and oxygen atoms in total. The van der Waals surface area contributed by atoms with Crippen molar-refractivity contribution < 1.29 is 14.3 Å². The van der Waals surface area contributed by atoms with Crippen LogP contribution in [0, 0.1) is 5.41 Å². The molecule has 0 N–H and O–H groups in total. The van der Waals surface area contributed by atoms with E-state index in [0.717, 1.165) is 22.5 Å². The molecule has 0 unspecified atom stereocenters. The smallest absolute Gasteiger partial charge is 0.204 e. The van der Waals surface area contributed by atoms with Crippen LogP contribution in [0.5, 0.6) is 0 Å². The van der Waals surface area contributed by atoms with Crippen LogP contribution in [0.3, 0.4) is 0 Å². The Kier molecular flexibility index (Phi) is 5.64. The fourth-order valence-electron chi connectivity index (χ4n) is 5.54. The summed E-state index contributed by atoms with van der Waals surface area (Å²) in [7, 11) is 0. The van der Waals surface area contributed by atoms with Gasteiger partial charge in [-0.3, -0.25) is 9.59 Å². The summed E-state index contributed by atoms with van der Waals surface area (Å²) in [5.41, 5.74) is 4.37. The van der Waals surface area contributed by atoms with Crippen molar-refractivity contribution in [3.63, 3.8) is 0 Å². The number of rotatable bonds is 5. The largest absolute Gasteiger partial charge is 0.485 e. The maximum Gasteiger partial charge on any atom is 0.204 e. The van der Waals surface area contributed by atoms with E-state index >= 15 is 0 Å². The Balaban J connectivity index is 1.55. The Morgan fingerprint density at radius 1 is 0.892 bits per heavy atom. The Labute approximate surface area is 216 Å². The van der Waals surface area contributed by atoms with Gasteiger partial charge in [0.1, 0.15) is 5.76 Å². The van der Waals surface area contributed by atoms with Crippen LogP contribution in [0.25, 0.3) is 16.9 Å². The fourth-order valence-corrected chi connectivity index (χ4v) is 5.54. The van der Waals surface area contributed by atoms with Gasteiger partial charge in [-0.25, -0.2) is 4.68 Å². The number of nitrogens with zero attached hydrogens (tertiary/aromatic N) is 2. The fraction of sp³-hybridized carbons (Fsp3) is 0.219. The molecule has 1 aliphatic heterocycles. The second-order valence-electron chi connectivity index (χ2n) is 10.6. The summed E-state index contributed by atoms with van der Waals surface area (Å²) in [6.07, 6.45) is 2.17. The van der Waals surface area contributed by atoms with Crippen molar-refractivity contribution >= 4 is 11.6 Å². The van der Waals surface area contributed by atoms with Crippen molar-refractivity contribution in [1.29, 1.82) is 0 Å². The molecule has 4 aromatic rings. The standard InChI is InChI=1S/C32H28N2O3/c1-32(2)18-25(35)28-26(19-32)37-31(30(36)22-14-8-4-9-15-22)27(28)24-20-34(23-16-10-5-11-17-23)33-29(24)21-12-6-3-7-13-21/h3-17,20,27,31H,18-19H2,1-2H3/t27-,31-/m0/s1. The first-order valence-electron chi connectivity index (χ1n) is 12.6. The lowest BCUT2D eigenvalue weighted by Gasteiger charge is -2.29. The Morgan fingerprint density at radius 3 is 2.19 bits per heavy atom. The summed E-state index contributed by atoms with van der Waals surface area (Å²) < 4.78 is 8.26. The van der Waals surface area contributed by atoms with Gasteiger partial charge in [-0.1, -0.05) is 92.7 Å². The lowest BCUT2D eigenvalue weighted by atomic mass is 9.72. The van der Waals surface area contributed by atoms with Crippen LogP contribution in [0.2, 0.25) is 0 Å². The molecule has 2 heterocycles. The zero-order chi connectivity index (χ0) is 25.6. The quantitative estimate of drug-likeness (QED) is 0.299. The Morgan fingerprint density at radius 2 is 1.51 bits per heavy atom. The molecular weight excluding hydrogens is 460 g/mol. The number of hydrogen-bond donors (Lipinski definition) is 0.